The standard InChI is InChI=1S/C18H21NO5/c1-20-13-7-16(21-2)14(17(8-13)22-3)10-19-9-12-4-5-15-18(6-12)24-11-23-15/h4-8,19H,9-11H2,1-3H3. The predicted molar refractivity (Wildman–Crippen MR) is 89.2 cm³/mol. The number of hydrogen-bond acceptors (Lipinski definition) is 6. The van der Waals surface area contributed by atoms with E-state index in [0.717, 1.165) is 34.1 Å². The Morgan fingerprint density at radius 3 is 2.25 bits per heavy atom. The fraction of sp³-hybridized carbons (Fsp3) is 0.333. The molecule has 0 saturated carbocycles. The van der Waals surface area contributed by atoms with Gasteiger partial charge in [-0.05, 0) is 17.7 Å². The molecule has 0 fully saturated rings. The van der Waals surface area contributed by atoms with Crippen LogP contribution >= 0.6 is 0 Å². The molecule has 3 rings (SSSR count). The van der Waals surface area contributed by atoms with Crippen LogP contribution in [0.1, 0.15) is 11.1 Å². The van der Waals surface area contributed by atoms with Gasteiger partial charge in [-0.25, -0.2) is 0 Å². The number of rotatable bonds is 7. The highest BCUT2D eigenvalue weighted by Crippen LogP contribution is 2.34. The first-order chi connectivity index (χ1) is 11.7. The molecule has 2 aromatic carbocycles. The molecule has 0 unspecified atom stereocenters. The summed E-state index contributed by atoms with van der Waals surface area (Å²) in [5, 5.41) is 3.40. The Balaban J connectivity index is 1.70. The molecule has 2 aromatic rings. The Labute approximate surface area is 141 Å². The van der Waals surface area contributed by atoms with Gasteiger partial charge in [0.2, 0.25) is 6.79 Å². The first-order valence-corrected chi connectivity index (χ1v) is 7.63. The Morgan fingerprint density at radius 1 is 0.875 bits per heavy atom. The van der Waals surface area contributed by atoms with Gasteiger partial charge in [0, 0.05) is 25.2 Å². The Morgan fingerprint density at radius 2 is 1.58 bits per heavy atom. The highest BCUT2D eigenvalue weighted by molar-refractivity contribution is 5.50. The topological polar surface area (TPSA) is 58.2 Å². The molecule has 24 heavy (non-hydrogen) atoms. The largest absolute Gasteiger partial charge is 0.496 e. The van der Waals surface area contributed by atoms with Crippen LogP contribution in [0.3, 0.4) is 0 Å². The second kappa shape index (κ2) is 7.31. The van der Waals surface area contributed by atoms with Crippen molar-refractivity contribution < 1.29 is 23.7 Å². The Hall–Kier alpha value is -2.60. The summed E-state index contributed by atoms with van der Waals surface area (Å²) in [6.45, 7) is 1.58. The van der Waals surface area contributed by atoms with Crippen molar-refractivity contribution in [1.29, 1.82) is 0 Å². The maximum Gasteiger partial charge on any atom is 0.231 e. The van der Waals surface area contributed by atoms with Crippen LogP contribution in [0.15, 0.2) is 30.3 Å². The molecule has 1 heterocycles. The molecule has 0 spiro atoms. The average molecular weight is 331 g/mol. The minimum absolute atomic E-state index is 0.284. The van der Waals surface area contributed by atoms with Crippen molar-refractivity contribution >= 4 is 0 Å². The van der Waals surface area contributed by atoms with E-state index in [1.165, 1.54) is 0 Å². The van der Waals surface area contributed by atoms with Crippen molar-refractivity contribution in [2.45, 2.75) is 13.1 Å². The predicted octanol–water partition coefficient (Wildman–Crippen LogP) is 2.73. The van der Waals surface area contributed by atoms with E-state index < -0.39 is 0 Å². The molecule has 1 aliphatic heterocycles. The lowest BCUT2D eigenvalue weighted by atomic mass is 10.1. The van der Waals surface area contributed by atoms with Gasteiger partial charge in [-0.1, -0.05) is 6.07 Å². The van der Waals surface area contributed by atoms with Crippen LogP contribution < -0.4 is 29.0 Å². The first kappa shape index (κ1) is 16.3. The van der Waals surface area contributed by atoms with Crippen molar-refractivity contribution in [1.82, 2.24) is 5.32 Å². The average Bonchev–Trinajstić information content (AvgIpc) is 3.09. The molecule has 0 saturated heterocycles. The minimum Gasteiger partial charge on any atom is -0.496 e. The molecule has 0 amide bonds. The summed E-state index contributed by atoms with van der Waals surface area (Å²) in [6, 6.07) is 9.62. The van der Waals surface area contributed by atoms with E-state index in [1.807, 2.05) is 30.3 Å². The highest BCUT2D eigenvalue weighted by atomic mass is 16.7. The summed E-state index contributed by atoms with van der Waals surface area (Å²) < 4.78 is 26.9. The SMILES string of the molecule is COc1cc(OC)c(CNCc2ccc3c(c2)OCO3)c(OC)c1. The summed E-state index contributed by atoms with van der Waals surface area (Å²) in [5.74, 6) is 3.73. The molecule has 0 aromatic heterocycles. The van der Waals surface area contributed by atoms with Gasteiger partial charge in [0.1, 0.15) is 17.2 Å². The van der Waals surface area contributed by atoms with Crippen molar-refractivity contribution in [2.75, 3.05) is 28.1 Å². The van der Waals surface area contributed by atoms with Crippen LogP contribution in [0.5, 0.6) is 28.7 Å². The highest BCUT2D eigenvalue weighted by Gasteiger charge is 2.15. The Kier molecular flexibility index (Phi) is 4.96. The summed E-state index contributed by atoms with van der Waals surface area (Å²) in [4.78, 5) is 0. The third-order valence-corrected chi connectivity index (χ3v) is 3.88. The molecule has 128 valence electrons. The van der Waals surface area contributed by atoms with E-state index in [0.29, 0.717) is 18.8 Å². The Bertz CT molecular complexity index is 692. The fourth-order valence-corrected chi connectivity index (χ4v) is 2.63. The van der Waals surface area contributed by atoms with Crippen molar-refractivity contribution in [3.05, 3.63) is 41.5 Å². The van der Waals surface area contributed by atoms with Crippen LogP contribution in [0.2, 0.25) is 0 Å². The number of methoxy groups -OCH3 is 3. The maximum atomic E-state index is 5.46. The molecule has 0 aliphatic carbocycles. The van der Waals surface area contributed by atoms with Gasteiger partial charge in [-0.15, -0.1) is 0 Å². The van der Waals surface area contributed by atoms with E-state index in [-0.39, 0.29) is 6.79 Å². The molecular weight excluding hydrogens is 310 g/mol. The number of hydrogen-bond donors (Lipinski definition) is 1. The molecular formula is C18H21NO5. The van der Waals surface area contributed by atoms with E-state index in [1.54, 1.807) is 21.3 Å². The number of ether oxygens (including phenoxy) is 5. The molecule has 0 bridgehead atoms. The lowest BCUT2D eigenvalue weighted by molar-refractivity contribution is 0.174. The number of benzene rings is 2. The van der Waals surface area contributed by atoms with Crippen LogP contribution in [0.25, 0.3) is 0 Å². The zero-order valence-electron chi connectivity index (χ0n) is 14.0. The second-order valence-electron chi connectivity index (χ2n) is 5.30. The third-order valence-electron chi connectivity index (χ3n) is 3.88. The van der Waals surface area contributed by atoms with Gasteiger partial charge < -0.3 is 29.0 Å². The zero-order valence-corrected chi connectivity index (χ0v) is 14.0. The first-order valence-electron chi connectivity index (χ1n) is 7.63. The molecule has 1 N–H and O–H groups in total. The molecule has 6 nitrogen and oxygen atoms in total. The van der Waals surface area contributed by atoms with Crippen LogP contribution in [0.4, 0.5) is 0 Å². The van der Waals surface area contributed by atoms with E-state index >= 15 is 0 Å². The van der Waals surface area contributed by atoms with Crippen LogP contribution in [-0.4, -0.2) is 28.1 Å². The zero-order chi connectivity index (χ0) is 16.9. The van der Waals surface area contributed by atoms with E-state index in [4.69, 9.17) is 23.7 Å². The quantitative estimate of drug-likeness (QED) is 0.842. The van der Waals surface area contributed by atoms with E-state index in [2.05, 4.69) is 5.32 Å². The normalized spacial score (nSPS) is 12.1. The monoisotopic (exact) mass is 331 g/mol. The van der Waals surface area contributed by atoms with Gasteiger partial charge in [0.25, 0.3) is 0 Å². The lowest BCUT2D eigenvalue weighted by Gasteiger charge is -2.15. The van der Waals surface area contributed by atoms with Gasteiger partial charge in [-0.2, -0.15) is 0 Å². The summed E-state index contributed by atoms with van der Waals surface area (Å²) in [6.07, 6.45) is 0. The summed E-state index contributed by atoms with van der Waals surface area (Å²) >= 11 is 0. The third kappa shape index (κ3) is 3.33. The van der Waals surface area contributed by atoms with Crippen molar-refractivity contribution in [3.8, 4) is 28.7 Å². The molecule has 1 aliphatic rings. The van der Waals surface area contributed by atoms with Crippen molar-refractivity contribution in [2.24, 2.45) is 0 Å². The van der Waals surface area contributed by atoms with Crippen LogP contribution in [0, 0.1) is 0 Å². The maximum absolute atomic E-state index is 5.46. The van der Waals surface area contributed by atoms with Gasteiger partial charge in [0.05, 0.1) is 26.9 Å². The summed E-state index contributed by atoms with van der Waals surface area (Å²) in [5.41, 5.74) is 2.06. The summed E-state index contributed by atoms with van der Waals surface area (Å²) in [7, 11) is 4.89. The number of fused-ring (bicyclic) bond motifs is 1. The lowest BCUT2D eigenvalue weighted by Crippen LogP contribution is -2.14. The molecule has 0 radical (unpaired) electrons. The van der Waals surface area contributed by atoms with Gasteiger partial charge in [0.15, 0.2) is 11.5 Å². The minimum atomic E-state index is 0.284. The second-order valence-corrected chi connectivity index (χ2v) is 5.30. The van der Waals surface area contributed by atoms with Crippen LogP contribution in [-0.2, 0) is 13.1 Å². The van der Waals surface area contributed by atoms with Gasteiger partial charge in [-0.3, -0.25) is 0 Å². The smallest absolute Gasteiger partial charge is 0.231 e. The number of nitrogens with one attached hydrogen (secondary N) is 1. The molecule has 0 atom stereocenters. The van der Waals surface area contributed by atoms with Crippen molar-refractivity contribution in [3.63, 3.8) is 0 Å². The van der Waals surface area contributed by atoms with E-state index in [9.17, 15) is 0 Å². The van der Waals surface area contributed by atoms with Gasteiger partial charge >= 0.3 is 0 Å². The molecule has 6 heteroatoms. The fourth-order valence-electron chi connectivity index (χ4n) is 2.63.